The molecular weight excluding hydrogens is 354 g/mol. The van der Waals surface area contributed by atoms with E-state index in [9.17, 15) is 4.79 Å². The van der Waals surface area contributed by atoms with Gasteiger partial charge in [-0.25, -0.2) is 4.79 Å². The van der Waals surface area contributed by atoms with Gasteiger partial charge in [0.15, 0.2) is 6.61 Å². The fraction of sp³-hybridized carbons (Fsp3) is 0.273. The molecule has 1 aliphatic heterocycles. The number of likely N-dealkylation sites (tertiary alicyclic amines) is 1. The van der Waals surface area contributed by atoms with Crippen molar-refractivity contribution in [1.29, 1.82) is 0 Å². The fourth-order valence-corrected chi connectivity index (χ4v) is 3.70. The van der Waals surface area contributed by atoms with Crippen LogP contribution in [0.3, 0.4) is 0 Å². The van der Waals surface area contributed by atoms with Crippen LogP contribution in [-0.4, -0.2) is 46.7 Å². The van der Waals surface area contributed by atoms with Crippen LogP contribution in [0.5, 0.6) is 5.75 Å². The van der Waals surface area contributed by atoms with E-state index in [1.807, 2.05) is 36.7 Å². The van der Waals surface area contributed by atoms with Crippen LogP contribution in [0.4, 0.5) is 5.69 Å². The second-order valence-corrected chi connectivity index (χ2v) is 7.10. The molecule has 4 rings (SSSR count). The first-order chi connectivity index (χ1) is 13.7. The minimum absolute atomic E-state index is 0.320. The lowest BCUT2D eigenvalue weighted by Crippen LogP contribution is -2.26. The van der Waals surface area contributed by atoms with Gasteiger partial charge in [-0.2, -0.15) is 0 Å². The van der Waals surface area contributed by atoms with Gasteiger partial charge in [0.25, 0.3) is 0 Å². The number of pyridine rings is 1. The molecule has 6 nitrogen and oxygen atoms in total. The highest BCUT2D eigenvalue weighted by atomic mass is 16.5. The molecule has 28 heavy (non-hydrogen) atoms. The van der Waals surface area contributed by atoms with Crippen molar-refractivity contribution in [2.75, 3.05) is 25.0 Å². The van der Waals surface area contributed by atoms with Crippen LogP contribution in [0.2, 0.25) is 0 Å². The topological polar surface area (TPSA) is 74.7 Å². The number of fused-ring (bicyclic) bond motifs is 1. The molecule has 0 amide bonds. The Balaban J connectivity index is 1.37. The summed E-state index contributed by atoms with van der Waals surface area (Å²) >= 11 is 0. The summed E-state index contributed by atoms with van der Waals surface area (Å²) in [6.07, 6.45) is 4.80. The van der Waals surface area contributed by atoms with Gasteiger partial charge in [-0.15, -0.1) is 0 Å². The maximum atomic E-state index is 10.7. The molecule has 1 unspecified atom stereocenters. The van der Waals surface area contributed by atoms with E-state index in [0.717, 1.165) is 42.7 Å². The number of carboxylic acids is 1. The fourth-order valence-electron chi connectivity index (χ4n) is 3.70. The van der Waals surface area contributed by atoms with E-state index in [0.29, 0.717) is 11.8 Å². The molecule has 2 N–H and O–H groups in total. The molecule has 1 aliphatic rings. The molecule has 1 aromatic heterocycles. The Morgan fingerprint density at radius 2 is 2.14 bits per heavy atom. The van der Waals surface area contributed by atoms with Crippen molar-refractivity contribution in [3.8, 4) is 5.75 Å². The minimum atomic E-state index is -0.969. The molecule has 2 aromatic carbocycles. The molecule has 1 saturated heterocycles. The average molecular weight is 377 g/mol. The quantitative estimate of drug-likeness (QED) is 0.657. The lowest BCUT2D eigenvalue weighted by molar-refractivity contribution is -0.139. The van der Waals surface area contributed by atoms with Crippen LogP contribution in [0.25, 0.3) is 10.8 Å². The van der Waals surface area contributed by atoms with Crippen molar-refractivity contribution >= 4 is 22.4 Å². The maximum Gasteiger partial charge on any atom is 0.341 e. The van der Waals surface area contributed by atoms with Crippen molar-refractivity contribution in [3.63, 3.8) is 0 Å². The summed E-state index contributed by atoms with van der Waals surface area (Å²) in [5.74, 6) is -0.374. The molecule has 0 spiro atoms. The number of rotatable bonds is 7. The normalized spacial score (nSPS) is 16.9. The van der Waals surface area contributed by atoms with Gasteiger partial charge in [-0.3, -0.25) is 9.88 Å². The first kappa shape index (κ1) is 18.3. The van der Waals surface area contributed by atoms with Gasteiger partial charge in [0.2, 0.25) is 0 Å². The summed E-state index contributed by atoms with van der Waals surface area (Å²) in [6, 6.07) is 16.4. The Kier molecular flexibility index (Phi) is 5.39. The summed E-state index contributed by atoms with van der Waals surface area (Å²) < 4.78 is 5.28. The summed E-state index contributed by atoms with van der Waals surface area (Å²) in [5.41, 5.74) is 2.27. The van der Waals surface area contributed by atoms with Crippen LogP contribution in [0, 0.1) is 0 Å². The van der Waals surface area contributed by atoms with Gasteiger partial charge in [0.05, 0.1) is 0 Å². The van der Waals surface area contributed by atoms with Crippen molar-refractivity contribution in [2.45, 2.75) is 19.0 Å². The minimum Gasteiger partial charge on any atom is -0.482 e. The van der Waals surface area contributed by atoms with Crippen molar-refractivity contribution in [1.82, 2.24) is 9.88 Å². The molecule has 144 valence electrons. The Labute approximate surface area is 163 Å². The lowest BCUT2D eigenvalue weighted by atomic mass is 10.1. The second kappa shape index (κ2) is 8.27. The predicted molar refractivity (Wildman–Crippen MR) is 109 cm³/mol. The predicted octanol–water partition coefficient (Wildman–Crippen LogP) is 3.38. The van der Waals surface area contributed by atoms with Gasteiger partial charge in [-0.1, -0.05) is 24.3 Å². The Morgan fingerprint density at radius 1 is 1.25 bits per heavy atom. The molecule has 0 bridgehead atoms. The number of carbonyl (C=O) groups is 1. The van der Waals surface area contributed by atoms with E-state index in [4.69, 9.17) is 9.84 Å². The van der Waals surface area contributed by atoms with Gasteiger partial charge in [0.1, 0.15) is 5.75 Å². The van der Waals surface area contributed by atoms with Crippen LogP contribution < -0.4 is 10.1 Å². The number of nitrogens with one attached hydrogen (secondary N) is 1. The second-order valence-electron chi connectivity index (χ2n) is 7.10. The molecule has 1 fully saturated rings. The first-order valence-corrected chi connectivity index (χ1v) is 9.42. The highest BCUT2D eigenvalue weighted by Gasteiger charge is 2.22. The molecule has 0 saturated carbocycles. The average Bonchev–Trinajstić information content (AvgIpc) is 3.14. The Bertz CT molecular complexity index is 971. The SMILES string of the molecule is O=C(O)COc1cccc(CN2CCC(Nc3cccc4cnccc34)C2)c1. The molecule has 2 heterocycles. The summed E-state index contributed by atoms with van der Waals surface area (Å²) in [4.78, 5) is 17.3. The zero-order valence-corrected chi connectivity index (χ0v) is 15.5. The smallest absolute Gasteiger partial charge is 0.341 e. The zero-order chi connectivity index (χ0) is 19.3. The number of hydrogen-bond acceptors (Lipinski definition) is 5. The standard InChI is InChI=1S/C22H23N3O3/c26-22(27)15-28-19-5-1-3-16(11-19)13-25-10-8-18(14-25)24-21-6-2-4-17-12-23-9-7-20(17)21/h1-7,9,11-12,18,24H,8,10,13-15H2,(H,26,27). The number of ether oxygens (including phenoxy) is 1. The lowest BCUT2D eigenvalue weighted by Gasteiger charge is -2.18. The van der Waals surface area contributed by atoms with Gasteiger partial charge in [0, 0.05) is 54.5 Å². The van der Waals surface area contributed by atoms with Crippen LogP contribution in [-0.2, 0) is 11.3 Å². The Morgan fingerprint density at radius 3 is 3.04 bits per heavy atom. The van der Waals surface area contributed by atoms with E-state index in [2.05, 4.69) is 33.4 Å². The van der Waals surface area contributed by atoms with E-state index < -0.39 is 5.97 Å². The number of hydrogen-bond donors (Lipinski definition) is 2. The summed E-state index contributed by atoms with van der Waals surface area (Å²) in [5, 5.41) is 14.8. The third-order valence-corrected chi connectivity index (χ3v) is 4.98. The molecule has 3 aromatic rings. The highest BCUT2D eigenvalue weighted by molar-refractivity contribution is 5.93. The highest BCUT2D eigenvalue weighted by Crippen LogP contribution is 2.25. The molecule has 0 radical (unpaired) electrons. The number of anilines is 1. The van der Waals surface area contributed by atoms with Crippen LogP contribution >= 0.6 is 0 Å². The number of carboxylic acid groups (broad SMARTS) is 1. The van der Waals surface area contributed by atoms with E-state index in [-0.39, 0.29) is 6.61 Å². The molecular formula is C22H23N3O3. The number of aliphatic carboxylic acids is 1. The van der Waals surface area contributed by atoms with Crippen molar-refractivity contribution < 1.29 is 14.6 Å². The number of nitrogens with zero attached hydrogens (tertiary/aromatic N) is 2. The van der Waals surface area contributed by atoms with Gasteiger partial charge in [-0.05, 0) is 36.2 Å². The molecule has 6 heteroatoms. The van der Waals surface area contributed by atoms with Crippen molar-refractivity contribution in [2.24, 2.45) is 0 Å². The number of aromatic nitrogens is 1. The summed E-state index contributed by atoms with van der Waals surface area (Å²) in [7, 11) is 0. The zero-order valence-electron chi connectivity index (χ0n) is 15.5. The summed E-state index contributed by atoms with van der Waals surface area (Å²) in [6.45, 7) is 2.48. The molecule has 0 aliphatic carbocycles. The monoisotopic (exact) mass is 377 g/mol. The van der Waals surface area contributed by atoms with Gasteiger partial charge >= 0.3 is 5.97 Å². The van der Waals surface area contributed by atoms with E-state index in [1.54, 1.807) is 6.07 Å². The van der Waals surface area contributed by atoms with Crippen LogP contribution in [0.1, 0.15) is 12.0 Å². The first-order valence-electron chi connectivity index (χ1n) is 9.42. The largest absolute Gasteiger partial charge is 0.482 e. The van der Waals surface area contributed by atoms with Crippen LogP contribution in [0.15, 0.2) is 60.9 Å². The third kappa shape index (κ3) is 4.40. The third-order valence-electron chi connectivity index (χ3n) is 4.98. The van der Waals surface area contributed by atoms with E-state index >= 15 is 0 Å². The maximum absolute atomic E-state index is 10.7. The van der Waals surface area contributed by atoms with Crippen molar-refractivity contribution in [3.05, 3.63) is 66.5 Å². The molecule has 1 atom stereocenters. The van der Waals surface area contributed by atoms with E-state index in [1.165, 1.54) is 5.39 Å². The Hall–Kier alpha value is -3.12. The van der Waals surface area contributed by atoms with Gasteiger partial charge < -0.3 is 15.2 Å². The number of benzene rings is 2.